The number of imidazole rings is 1. The van der Waals surface area contributed by atoms with E-state index in [-0.39, 0.29) is 0 Å². The Balaban J connectivity index is 2.24. The van der Waals surface area contributed by atoms with Gasteiger partial charge in [0.15, 0.2) is 11.0 Å². The number of hydrogen-bond donors (Lipinski definition) is 0. The van der Waals surface area contributed by atoms with Crippen LogP contribution in [0.4, 0.5) is 0 Å². The topological polar surface area (TPSA) is 21.2 Å². The third-order valence-corrected chi connectivity index (χ3v) is 6.33. The van der Waals surface area contributed by atoms with Gasteiger partial charge >= 0.3 is 0 Å². The van der Waals surface area contributed by atoms with E-state index in [0.29, 0.717) is 11.8 Å². The van der Waals surface area contributed by atoms with Gasteiger partial charge in [-0.05, 0) is 54.2 Å². The fraction of sp³-hybridized carbons (Fsp3) is 0.308. The van der Waals surface area contributed by atoms with Gasteiger partial charge in [-0.15, -0.1) is 0 Å². The van der Waals surface area contributed by atoms with E-state index < -0.39 is 0 Å². The van der Waals surface area contributed by atoms with Crippen molar-refractivity contribution in [3.63, 3.8) is 0 Å². The van der Waals surface area contributed by atoms with Gasteiger partial charge in [0.05, 0.1) is 18.0 Å². The fourth-order valence-corrected chi connectivity index (χ4v) is 5.03. The maximum absolute atomic E-state index is 4.88. The zero-order chi connectivity index (χ0) is 20.4. The molecule has 0 fully saturated rings. The van der Waals surface area contributed by atoms with Crippen LogP contribution >= 0.6 is 0 Å². The molecule has 3 heteroatoms. The van der Waals surface area contributed by atoms with E-state index >= 15 is 0 Å². The fourth-order valence-electron chi connectivity index (χ4n) is 5.03. The molecule has 0 saturated heterocycles. The molecule has 3 aromatic heterocycles. The van der Waals surface area contributed by atoms with Crippen LogP contribution in [0, 0.1) is 6.92 Å². The Morgan fingerprint density at radius 3 is 2.41 bits per heavy atom. The van der Waals surface area contributed by atoms with E-state index in [2.05, 4.69) is 93.1 Å². The molecule has 2 aromatic carbocycles. The van der Waals surface area contributed by atoms with Gasteiger partial charge in [0.2, 0.25) is 0 Å². The molecule has 0 aliphatic carbocycles. The lowest BCUT2D eigenvalue weighted by atomic mass is 9.87. The Bertz CT molecular complexity index is 1420. The van der Waals surface area contributed by atoms with Gasteiger partial charge < -0.3 is 0 Å². The molecule has 5 rings (SSSR count). The van der Waals surface area contributed by atoms with E-state index in [1.807, 2.05) is 6.20 Å². The van der Waals surface area contributed by atoms with Gasteiger partial charge in [-0.1, -0.05) is 45.9 Å². The highest BCUT2D eigenvalue weighted by Gasteiger charge is 2.28. The molecule has 0 radical (unpaired) electrons. The smallest absolute Gasteiger partial charge is 0.255 e. The van der Waals surface area contributed by atoms with E-state index in [4.69, 9.17) is 4.98 Å². The van der Waals surface area contributed by atoms with Crippen LogP contribution < -0.4 is 4.57 Å². The summed E-state index contributed by atoms with van der Waals surface area (Å²) in [6.07, 6.45) is 1.95. The molecule has 0 aliphatic rings. The van der Waals surface area contributed by atoms with Crippen molar-refractivity contribution >= 4 is 38.5 Å². The molecule has 0 saturated carbocycles. The number of para-hydroxylation sites is 2. The van der Waals surface area contributed by atoms with Crippen LogP contribution in [0.2, 0.25) is 0 Å². The summed E-state index contributed by atoms with van der Waals surface area (Å²) in [5, 5.41) is 2.48. The molecule has 0 amide bonds. The highest BCUT2D eigenvalue weighted by molar-refractivity contribution is 6.12. The first-order valence-corrected chi connectivity index (χ1v) is 10.5. The summed E-state index contributed by atoms with van der Waals surface area (Å²) in [4.78, 5) is 4.88. The molecule has 29 heavy (non-hydrogen) atoms. The van der Waals surface area contributed by atoms with Crippen molar-refractivity contribution < 1.29 is 4.57 Å². The van der Waals surface area contributed by atoms with Gasteiger partial charge in [-0.2, -0.15) is 4.40 Å². The van der Waals surface area contributed by atoms with Crippen molar-refractivity contribution in [2.45, 2.75) is 46.5 Å². The van der Waals surface area contributed by atoms with E-state index in [1.165, 1.54) is 49.7 Å². The van der Waals surface area contributed by atoms with E-state index in [1.54, 1.807) is 0 Å². The second kappa shape index (κ2) is 6.28. The number of fused-ring (bicyclic) bond motifs is 8. The summed E-state index contributed by atoms with van der Waals surface area (Å²) in [7, 11) is 2.18. The first-order valence-electron chi connectivity index (χ1n) is 10.5. The van der Waals surface area contributed by atoms with Gasteiger partial charge in [-0.3, -0.25) is 4.98 Å². The Labute approximate surface area is 171 Å². The van der Waals surface area contributed by atoms with Crippen LogP contribution in [0.25, 0.3) is 38.5 Å². The lowest BCUT2D eigenvalue weighted by molar-refractivity contribution is -0.617. The predicted molar refractivity (Wildman–Crippen MR) is 122 cm³/mol. The minimum atomic E-state index is 0.424. The molecule has 3 nitrogen and oxygen atoms in total. The van der Waals surface area contributed by atoms with Crippen molar-refractivity contribution in [1.82, 2.24) is 9.38 Å². The molecule has 0 bridgehead atoms. The number of pyridine rings is 2. The molecule has 0 atom stereocenters. The number of benzene rings is 2. The minimum absolute atomic E-state index is 0.424. The van der Waals surface area contributed by atoms with Crippen molar-refractivity contribution in [1.29, 1.82) is 0 Å². The largest absolute Gasteiger partial charge is 0.297 e. The third-order valence-electron chi connectivity index (χ3n) is 6.33. The number of aryl methyl sites for hydroxylation is 2. The van der Waals surface area contributed by atoms with Crippen LogP contribution in [0.15, 0.2) is 48.7 Å². The molecule has 0 aliphatic heterocycles. The van der Waals surface area contributed by atoms with Gasteiger partial charge in [0.25, 0.3) is 5.65 Å². The first-order chi connectivity index (χ1) is 13.9. The molecule has 3 heterocycles. The number of nitrogens with zero attached hydrogens (tertiary/aromatic N) is 3. The standard InChI is InChI=1S/C26H28N3/c1-15(2)18-11-12-19-24-23(17(5)13-14-27-24)26-28(6)20-9-7-8-10-21(20)29(26)25(19)22(18)16(3)4/h7-16H,1-6H3/q+1. The Morgan fingerprint density at radius 2 is 1.69 bits per heavy atom. The normalized spacial score (nSPS) is 12.4. The Hall–Kier alpha value is -2.94. The summed E-state index contributed by atoms with van der Waals surface area (Å²) < 4.78 is 4.82. The first kappa shape index (κ1) is 18.1. The van der Waals surface area contributed by atoms with Crippen molar-refractivity contribution in [2.24, 2.45) is 7.05 Å². The van der Waals surface area contributed by atoms with Crippen molar-refractivity contribution in [3.8, 4) is 0 Å². The number of aromatic nitrogens is 3. The highest BCUT2D eigenvalue weighted by Crippen LogP contribution is 2.38. The van der Waals surface area contributed by atoms with Crippen LogP contribution in [-0.2, 0) is 7.05 Å². The van der Waals surface area contributed by atoms with E-state index in [9.17, 15) is 0 Å². The molecular weight excluding hydrogens is 354 g/mol. The maximum atomic E-state index is 4.88. The molecule has 0 unspecified atom stereocenters. The summed E-state index contributed by atoms with van der Waals surface area (Å²) in [5.41, 5.74) is 10.3. The third kappa shape index (κ3) is 2.37. The predicted octanol–water partition coefficient (Wildman–Crippen LogP) is 6.17. The molecule has 0 spiro atoms. The van der Waals surface area contributed by atoms with Gasteiger partial charge in [0, 0.05) is 17.1 Å². The van der Waals surface area contributed by atoms with Gasteiger partial charge in [-0.25, -0.2) is 4.57 Å². The SMILES string of the molecule is Cc1ccnc2c3ccc(C(C)C)c(C(C)C)c3n3c4ccccc4[n+](C)c3c12. The summed E-state index contributed by atoms with van der Waals surface area (Å²) in [6.45, 7) is 11.4. The summed E-state index contributed by atoms with van der Waals surface area (Å²) in [5.74, 6) is 0.900. The van der Waals surface area contributed by atoms with Crippen LogP contribution in [-0.4, -0.2) is 9.38 Å². The number of rotatable bonds is 2. The number of hydrogen-bond acceptors (Lipinski definition) is 1. The Kier molecular flexibility index (Phi) is 3.92. The van der Waals surface area contributed by atoms with Crippen LogP contribution in [0.3, 0.4) is 0 Å². The molecule has 146 valence electrons. The Morgan fingerprint density at radius 1 is 0.931 bits per heavy atom. The van der Waals surface area contributed by atoms with Crippen LogP contribution in [0.1, 0.15) is 56.2 Å². The van der Waals surface area contributed by atoms with Crippen molar-refractivity contribution in [2.75, 3.05) is 0 Å². The minimum Gasteiger partial charge on any atom is -0.255 e. The highest BCUT2D eigenvalue weighted by atomic mass is 15.1. The summed E-state index contributed by atoms with van der Waals surface area (Å²) >= 11 is 0. The average Bonchev–Trinajstić information content (AvgIpc) is 3.00. The summed E-state index contributed by atoms with van der Waals surface area (Å²) in [6, 6.07) is 15.5. The molecule has 5 aromatic rings. The maximum Gasteiger partial charge on any atom is 0.297 e. The van der Waals surface area contributed by atoms with Crippen LogP contribution in [0.5, 0.6) is 0 Å². The van der Waals surface area contributed by atoms with E-state index in [0.717, 1.165) is 5.52 Å². The second-order valence-electron chi connectivity index (χ2n) is 8.83. The quantitative estimate of drug-likeness (QED) is 0.264. The monoisotopic (exact) mass is 382 g/mol. The van der Waals surface area contributed by atoms with Crippen molar-refractivity contribution in [3.05, 3.63) is 65.4 Å². The lowest BCUT2D eigenvalue weighted by Gasteiger charge is -2.18. The lowest BCUT2D eigenvalue weighted by Crippen LogP contribution is -2.27. The second-order valence-corrected chi connectivity index (χ2v) is 8.83. The molecular formula is C26H28N3+. The zero-order valence-corrected chi connectivity index (χ0v) is 18.1. The average molecular weight is 383 g/mol. The van der Waals surface area contributed by atoms with Gasteiger partial charge in [0.1, 0.15) is 5.52 Å². The zero-order valence-electron chi connectivity index (χ0n) is 18.1. The molecule has 0 N–H and O–H groups in total.